The van der Waals surface area contributed by atoms with Crippen molar-refractivity contribution in [1.82, 2.24) is 0 Å². The van der Waals surface area contributed by atoms with Crippen LogP contribution in [0.3, 0.4) is 0 Å². The first-order valence-electron chi connectivity index (χ1n) is 7.80. The van der Waals surface area contributed by atoms with Crippen LogP contribution in [0.4, 0.5) is 5.69 Å². The van der Waals surface area contributed by atoms with Crippen molar-refractivity contribution in [2.45, 2.75) is 20.8 Å². The number of nitrogens with one attached hydrogen (secondary N) is 1. The van der Waals surface area contributed by atoms with Crippen molar-refractivity contribution in [3.8, 4) is 17.6 Å². The summed E-state index contributed by atoms with van der Waals surface area (Å²) in [6.45, 7) is 6.55. The molecule has 0 unspecified atom stereocenters. The second kappa shape index (κ2) is 8.02. The molecule has 1 amide bonds. The molecule has 2 aromatic carbocycles. The molecule has 0 saturated carbocycles. The molecule has 0 heterocycles. The molecule has 24 heavy (non-hydrogen) atoms. The molecule has 0 fully saturated rings. The molecule has 1 N–H and O–H groups in total. The Morgan fingerprint density at radius 2 is 1.79 bits per heavy atom. The lowest BCUT2D eigenvalue weighted by molar-refractivity contribution is 0.102. The summed E-state index contributed by atoms with van der Waals surface area (Å²) in [6.07, 6.45) is 0. The zero-order chi connectivity index (χ0) is 17.5. The third-order valence-corrected chi connectivity index (χ3v) is 3.33. The first-order chi connectivity index (χ1) is 11.6. The normalized spacial score (nSPS) is 9.92. The minimum absolute atomic E-state index is 0.276. The number of rotatable bonds is 6. The van der Waals surface area contributed by atoms with Crippen LogP contribution in [0.1, 0.15) is 35.3 Å². The van der Waals surface area contributed by atoms with E-state index in [9.17, 15) is 10.1 Å². The molecule has 0 aliphatic carbocycles. The van der Waals surface area contributed by atoms with Gasteiger partial charge in [-0.1, -0.05) is 17.7 Å². The van der Waals surface area contributed by atoms with Gasteiger partial charge in [-0.3, -0.25) is 4.79 Å². The third-order valence-electron chi connectivity index (χ3n) is 3.33. The topological polar surface area (TPSA) is 71.3 Å². The molecule has 0 aliphatic heterocycles. The lowest BCUT2D eigenvalue weighted by atomic mass is 10.1. The molecular weight excluding hydrogens is 304 g/mol. The van der Waals surface area contributed by atoms with E-state index in [0.29, 0.717) is 41.5 Å². The van der Waals surface area contributed by atoms with Crippen molar-refractivity contribution < 1.29 is 14.3 Å². The van der Waals surface area contributed by atoms with Crippen LogP contribution in [-0.4, -0.2) is 19.1 Å². The number of carbonyl (C=O) groups is 1. The van der Waals surface area contributed by atoms with Gasteiger partial charge in [0.25, 0.3) is 5.91 Å². The van der Waals surface area contributed by atoms with Crippen LogP contribution < -0.4 is 14.8 Å². The smallest absolute Gasteiger partial charge is 0.255 e. The lowest BCUT2D eigenvalue weighted by Crippen LogP contribution is -2.13. The number of nitriles is 1. The van der Waals surface area contributed by atoms with Gasteiger partial charge in [0.1, 0.15) is 6.07 Å². The maximum atomic E-state index is 12.4. The Labute approximate surface area is 141 Å². The van der Waals surface area contributed by atoms with Gasteiger partial charge in [-0.2, -0.15) is 5.26 Å². The Balaban J connectivity index is 2.36. The lowest BCUT2D eigenvalue weighted by Gasteiger charge is -2.14. The first kappa shape index (κ1) is 17.4. The minimum atomic E-state index is -0.276. The summed E-state index contributed by atoms with van der Waals surface area (Å²) in [5, 5.41) is 12.1. The molecule has 0 saturated heterocycles. The van der Waals surface area contributed by atoms with Crippen molar-refractivity contribution in [1.29, 1.82) is 5.26 Å². The molecule has 0 radical (unpaired) electrons. The molecular formula is C19H20N2O3. The van der Waals surface area contributed by atoms with Crippen molar-refractivity contribution in [3.05, 3.63) is 53.1 Å². The number of amides is 1. The van der Waals surface area contributed by atoms with Crippen molar-refractivity contribution in [2.24, 2.45) is 0 Å². The fraction of sp³-hybridized carbons (Fsp3) is 0.263. The molecule has 124 valence electrons. The Morgan fingerprint density at radius 1 is 1.12 bits per heavy atom. The molecule has 2 rings (SSSR count). The maximum Gasteiger partial charge on any atom is 0.255 e. The van der Waals surface area contributed by atoms with Crippen molar-refractivity contribution in [3.63, 3.8) is 0 Å². The summed E-state index contributed by atoms with van der Waals surface area (Å²) in [6, 6.07) is 12.5. The van der Waals surface area contributed by atoms with Crippen LogP contribution in [0.15, 0.2) is 36.4 Å². The molecule has 5 nitrogen and oxygen atoms in total. The zero-order valence-electron chi connectivity index (χ0n) is 14.1. The summed E-state index contributed by atoms with van der Waals surface area (Å²) in [7, 11) is 0. The van der Waals surface area contributed by atoms with Crippen LogP contribution in [0, 0.1) is 18.3 Å². The van der Waals surface area contributed by atoms with Gasteiger partial charge in [0, 0.05) is 17.7 Å². The summed E-state index contributed by atoms with van der Waals surface area (Å²) >= 11 is 0. The standard InChI is InChI=1S/C19H20N2O3/c1-4-23-17-10-15(12-20)16(11-18(17)24-5-2)21-19(22)14-8-6-7-13(3)9-14/h6-11H,4-5H2,1-3H3,(H,21,22). The van der Waals surface area contributed by atoms with Gasteiger partial charge in [0.15, 0.2) is 11.5 Å². The monoisotopic (exact) mass is 324 g/mol. The molecule has 0 atom stereocenters. The number of hydrogen-bond donors (Lipinski definition) is 1. The summed E-state index contributed by atoms with van der Waals surface area (Å²) in [5.74, 6) is 0.712. The number of aryl methyl sites for hydroxylation is 1. The van der Waals surface area contributed by atoms with Gasteiger partial charge in [-0.05, 0) is 32.9 Å². The largest absolute Gasteiger partial charge is 0.490 e. The number of ether oxygens (including phenoxy) is 2. The Morgan fingerprint density at radius 3 is 2.38 bits per heavy atom. The SMILES string of the molecule is CCOc1cc(C#N)c(NC(=O)c2cccc(C)c2)cc1OCC. The number of benzene rings is 2. The average Bonchev–Trinajstić information content (AvgIpc) is 2.57. The Hall–Kier alpha value is -3.00. The van der Waals surface area contributed by atoms with Gasteiger partial charge >= 0.3 is 0 Å². The summed E-state index contributed by atoms with van der Waals surface area (Å²) < 4.78 is 11.1. The fourth-order valence-corrected chi connectivity index (χ4v) is 2.27. The van der Waals surface area contributed by atoms with E-state index in [1.165, 1.54) is 0 Å². The van der Waals surface area contributed by atoms with Crippen LogP contribution in [0.5, 0.6) is 11.5 Å². The fourth-order valence-electron chi connectivity index (χ4n) is 2.27. The molecule has 0 aliphatic rings. The average molecular weight is 324 g/mol. The van der Waals surface area contributed by atoms with Gasteiger partial charge in [-0.25, -0.2) is 0 Å². The number of anilines is 1. The van der Waals surface area contributed by atoms with Gasteiger partial charge < -0.3 is 14.8 Å². The molecule has 0 bridgehead atoms. The molecule has 0 spiro atoms. The van der Waals surface area contributed by atoms with Crippen LogP contribution in [0.25, 0.3) is 0 Å². The second-order valence-corrected chi connectivity index (χ2v) is 5.15. The Kier molecular flexibility index (Phi) is 5.80. The Bertz CT molecular complexity index is 779. The second-order valence-electron chi connectivity index (χ2n) is 5.15. The van der Waals surface area contributed by atoms with E-state index in [0.717, 1.165) is 5.56 Å². The maximum absolute atomic E-state index is 12.4. The van der Waals surface area contributed by atoms with E-state index in [2.05, 4.69) is 11.4 Å². The summed E-state index contributed by atoms with van der Waals surface area (Å²) in [5.41, 5.74) is 2.24. The zero-order valence-corrected chi connectivity index (χ0v) is 14.1. The van der Waals surface area contributed by atoms with Gasteiger partial charge in [0.05, 0.1) is 24.5 Å². The quantitative estimate of drug-likeness (QED) is 0.874. The highest BCUT2D eigenvalue weighted by atomic mass is 16.5. The van der Waals surface area contributed by atoms with Gasteiger partial charge in [0.2, 0.25) is 0 Å². The van der Waals surface area contributed by atoms with Crippen LogP contribution in [0.2, 0.25) is 0 Å². The van der Waals surface area contributed by atoms with E-state index in [-0.39, 0.29) is 5.91 Å². The number of hydrogen-bond acceptors (Lipinski definition) is 4. The predicted molar refractivity (Wildman–Crippen MR) is 92.6 cm³/mol. The highest BCUT2D eigenvalue weighted by Crippen LogP contribution is 2.34. The minimum Gasteiger partial charge on any atom is -0.490 e. The van der Waals surface area contributed by atoms with Crippen molar-refractivity contribution >= 4 is 11.6 Å². The van der Waals surface area contributed by atoms with E-state index >= 15 is 0 Å². The van der Waals surface area contributed by atoms with Crippen molar-refractivity contribution in [2.75, 3.05) is 18.5 Å². The highest BCUT2D eigenvalue weighted by molar-refractivity contribution is 6.05. The predicted octanol–water partition coefficient (Wildman–Crippen LogP) is 3.92. The van der Waals surface area contributed by atoms with E-state index in [1.807, 2.05) is 32.9 Å². The number of carbonyl (C=O) groups excluding carboxylic acids is 1. The molecule has 0 aromatic heterocycles. The van der Waals surface area contributed by atoms with Gasteiger partial charge in [-0.15, -0.1) is 0 Å². The first-order valence-corrected chi connectivity index (χ1v) is 7.80. The van der Waals surface area contributed by atoms with Crippen LogP contribution >= 0.6 is 0 Å². The summed E-state index contributed by atoms with van der Waals surface area (Å²) in [4.78, 5) is 12.4. The van der Waals surface area contributed by atoms with Crippen LogP contribution in [-0.2, 0) is 0 Å². The van der Waals surface area contributed by atoms with E-state index in [1.54, 1.807) is 24.3 Å². The highest BCUT2D eigenvalue weighted by Gasteiger charge is 2.15. The third kappa shape index (κ3) is 4.05. The molecule has 2 aromatic rings. The van der Waals surface area contributed by atoms with E-state index < -0.39 is 0 Å². The van der Waals surface area contributed by atoms with E-state index in [4.69, 9.17) is 9.47 Å². The molecule has 5 heteroatoms. The number of nitrogens with zero attached hydrogens (tertiary/aromatic N) is 1.